The van der Waals surface area contributed by atoms with Crippen LogP contribution in [0.1, 0.15) is 6.92 Å². The number of aromatic nitrogens is 1. The van der Waals surface area contributed by atoms with Gasteiger partial charge in [-0.05, 0) is 31.2 Å². The molecule has 6 nitrogen and oxygen atoms in total. The fourth-order valence-electron chi connectivity index (χ4n) is 2.50. The van der Waals surface area contributed by atoms with Crippen molar-refractivity contribution in [1.82, 2.24) is 9.47 Å². The van der Waals surface area contributed by atoms with E-state index >= 15 is 0 Å². The molecule has 0 aliphatic rings. The summed E-state index contributed by atoms with van der Waals surface area (Å²) >= 11 is 0. The first kappa shape index (κ1) is 17.3. The Kier molecular flexibility index (Phi) is 4.99. The summed E-state index contributed by atoms with van der Waals surface area (Å²) in [5.74, 6) is 0.591. The van der Waals surface area contributed by atoms with Crippen molar-refractivity contribution in [3.8, 4) is 5.75 Å². The topological polar surface area (TPSA) is 68.6 Å². The van der Waals surface area contributed by atoms with Gasteiger partial charge < -0.3 is 14.2 Å². The molecule has 0 spiro atoms. The Morgan fingerprint density at radius 3 is 2.65 bits per heavy atom. The van der Waals surface area contributed by atoms with Crippen LogP contribution in [-0.4, -0.2) is 56.0 Å². The van der Waals surface area contributed by atoms with E-state index in [-0.39, 0.29) is 24.2 Å². The molecule has 1 heterocycles. The number of rotatable bonds is 6. The molecule has 0 saturated heterocycles. The SMILES string of the molecule is COc1ccc2c(ccn2CC(=O)N(C)C(C)CS(C)(=O)=O)c1. The largest absolute Gasteiger partial charge is 0.497 e. The molecule has 1 amide bonds. The standard InChI is InChI=1S/C16H22N2O4S/c1-12(11-23(4,20)21)17(2)16(19)10-18-8-7-13-9-14(22-3)5-6-15(13)18/h5-9,12H,10-11H2,1-4H3. The van der Waals surface area contributed by atoms with Crippen molar-refractivity contribution in [2.75, 3.05) is 26.2 Å². The van der Waals surface area contributed by atoms with E-state index in [4.69, 9.17) is 4.74 Å². The molecular weight excluding hydrogens is 316 g/mol. The van der Waals surface area contributed by atoms with Gasteiger partial charge in [0.25, 0.3) is 0 Å². The first-order valence-electron chi connectivity index (χ1n) is 7.27. The number of hydrogen-bond donors (Lipinski definition) is 0. The lowest BCUT2D eigenvalue weighted by Gasteiger charge is -2.24. The molecule has 1 atom stereocenters. The van der Waals surface area contributed by atoms with E-state index in [1.165, 1.54) is 11.2 Å². The van der Waals surface area contributed by atoms with E-state index in [9.17, 15) is 13.2 Å². The van der Waals surface area contributed by atoms with Crippen LogP contribution >= 0.6 is 0 Å². The normalized spacial score (nSPS) is 13.0. The van der Waals surface area contributed by atoms with Crippen LogP contribution in [0.4, 0.5) is 0 Å². The van der Waals surface area contributed by atoms with Crippen molar-refractivity contribution >= 4 is 26.6 Å². The van der Waals surface area contributed by atoms with Crippen LogP contribution in [-0.2, 0) is 21.2 Å². The maximum absolute atomic E-state index is 12.4. The Labute approximate surface area is 136 Å². The van der Waals surface area contributed by atoms with E-state index in [2.05, 4.69) is 0 Å². The van der Waals surface area contributed by atoms with Crippen molar-refractivity contribution in [2.45, 2.75) is 19.5 Å². The van der Waals surface area contributed by atoms with Crippen LogP contribution in [0.15, 0.2) is 30.5 Å². The second kappa shape index (κ2) is 6.62. The molecule has 1 unspecified atom stereocenters. The first-order valence-corrected chi connectivity index (χ1v) is 9.33. The minimum Gasteiger partial charge on any atom is -0.497 e. The third-order valence-electron chi connectivity index (χ3n) is 3.88. The van der Waals surface area contributed by atoms with Gasteiger partial charge in [-0.2, -0.15) is 0 Å². The molecule has 0 saturated carbocycles. The summed E-state index contributed by atoms with van der Waals surface area (Å²) in [5, 5.41) is 0.990. The maximum Gasteiger partial charge on any atom is 0.242 e. The second-order valence-corrected chi connectivity index (χ2v) is 8.00. The molecule has 7 heteroatoms. The molecule has 126 valence electrons. The van der Waals surface area contributed by atoms with E-state index in [1.807, 2.05) is 35.0 Å². The summed E-state index contributed by atoms with van der Waals surface area (Å²) in [6.45, 7) is 1.90. The maximum atomic E-state index is 12.4. The van der Waals surface area contributed by atoms with Gasteiger partial charge in [0.15, 0.2) is 0 Å². The lowest BCUT2D eigenvalue weighted by atomic mass is 10.2. The zero-order chi connectivity index (χ0) is 17.2. The van der Waals surface area contributed by atoms with Crippen LogP contribution in [0.25, 0.3) is 10.9 Å². The molecule has 1 aromatic heterocycles. The lowest BCUT2D eigenvalue weighted by Crippen LogP contribution is -2.40. The number of ether oxygens (including phenoxy) is 1. The van der Waals surface area contributed by atoms with Gasteiger partial charge in [-0.15, -0.1) is 0 Å². The van der Waals surface area contributed by atoms with Crippen molar-refractivity contribution < 1.29 is 17.9 Å². The zero-order valence-corrected chi connectivity index (χ0v) is 14.6. The summed E-state index contributed by atoms with van der Waals surface area (Å²) in [5.41, 5.74) is 0.934. The van der Waals surface area contributed by atoms with Gasteiger partial charge in [-0.1, -0.05) is 0 Å². The predicted octanol–water partition coefficient (Wildman–Crippen LogP) is 1.54. The zero-order valence-electron chi connectivity index (χ0n) is 13.8. The predicted molar refractivity (Wildman–Crippen MR) is 90.4 cm³/mol. The fraction of sp³-hybridized carbons (Fsp3) is 0.438. The number of amides is 1. The number of likely N-dealkylation sites (N-methyl/N-ethyl adjacent to an activating group) is 1. The molecule has 0 aliphatic heterocycles. The average molecular weight is 338 g/mol. The quantitative estimate of drug-likeness (QED) is 0.801. The number of nitrogens with zero attached hydrogens (tertiary/aromatic N) is 2. The summed E-state index contributed by atoms with van der Waals surface area (Å²) < 4.78 is 29.8. The van der Waals surface area contributed by atoms with Crippen molar-refractivity contribution in [3.63, 3.8) is 0 Å². The molecule has 0 fully saturated rings. The van der Waals surface area contributed by atoms with Gasteiger partial charge in [-0.3, -0.25) is 4.79 Å². The van der Waals surface area contributed by atoms with E-state index < -0.39 is 9.84 Å². The van der Waals surface area contributed by atoms with Gasteiger partial charge in [0.1, 0.15) is 22.1 Å². The summed E-state index contributed by atoms with van der Waals surface area (Å²) in [4.78, 5) is 13.9. The third kappa shape index (κ3) is 4.25. The molecule has 0 aliphatic carbocycles. The number of methoxy groups -OCH3 is 1. The summed E-state index contributed by atoms with van der Waals surface area (Å²) in [6, 6.07) is 7.22. The molecule has 23 heavy (non-hydrogen) atoms. The number of sulfone groups is 1. The highest BCUT2D eigenvalue weighted by atomic mass is 32.2. The van der Waals surface area contributed by atoms with Gasteiger partial charge in [0.05, 0.1) is 12.9 Å². The van der Waals surface area contributed by atoms with Gasteiger partial charge in [0, 0.05) is 36.4 Å². The average Bonchev–Trinajstić information content (AvgIpc) is 2.86. The Hall–Kier alpha value is -2.02. The van der Waals surface area contributed by atoms with E-state index in [0.717, 1.165) is 16.7 Å². The third-order valence-corrected chi connectivity index (χ3v) is 4.97. The van der Waals surface area contributed by atoms with E-state index in [0.29, 0.717) is 0 Å². The fourth-order valence-corrected chi connectivity index (χ4v) is 3.60. The first-order chi connectivity index (χ1) is 10.7. The number of benzene rings is 1. The molecule has 0 radical (unpaired) electrons. The number of carbonyl (C=O) groups is 1. The monoisotopic (exact) mass is 338 g/mol. The highest BCUT2D eigenvalue weighted by Gasteiger charge is 2.20. The Morgan fingerprint density at radius 2 is 2.04 bits per heavy atom. The Balaban J connectivity index is 2.14. The molecule has 0 N–H and O–H groups in total. The Bertz CT molecular complexity index is 811. The van der Waals surface area contributed by atoms with Crippen molar-refractivity contribution in [3.05, 3.63) is 30.5 Å². The molecule has 1 aromatic carbocycles. The van der Waals surface area contributed by atoms with Gasteiger partial charge in [0.2, 0.25) is 5.91 Å². The molecule has 0 bridgehead atoms. The number of hydrogen-bond acceptors (Lipinski definition) is 4. The van der Waals surface area contributed by atoms with E-state index in [1.54, 1.807) is 21.1 Å². The lowest BCUT2D eigenvalue weighted by molar-refractivity contribution is -0.131. The van der Waals surface area contributed by atoms with Crippen LogP contribution in [0.2, 0.25) is 0 Å². The van der Waals surface area contributed by atoms with Crippen molar-refractivity contribution in [1.29, 1.82) is 0 Å². The second-order valence-electron chi connectivity index (χ2n) is 5.81. The van der Waals surface area contributed by atoms with Crippen LogP contribution < -0.4 is 4.74 Å². The molecule has 2 rings (SSSR count). The summed E-state index contributed by atoms with van der Waals surface area (Å²) in [7, 11) is 0.122. The van der Waals surface area contributed by atoms with Crippen LogP contribution in [0.3, 0.4) is 0 Å². The minimum absolute atomic E-state index is 0.0428. The smallest absolute Gasteiger partial charge is 0.242 e. The Morgan fingerprint density at radius 1 is 1.35 bits per heavy atom. The number of carbonyl (C=O) groups excluding carboxylic acids is 1. The van der Waals surface area contributed by atoms with Gasteiger partial charge >= 0.3 is 0 Å². The summed E-state index contributed by atoms with van der Waals surface area (Å²) in [6.07, 6.45) is 3.02. The number of fused-ring (bicyclic) bond motifs is 1. The highest BCUT2D eigenvalue weighted by Crippen LogP contribution is 2.22. The molecule has 2 aromatic rings. The van der Waals surface area contributed by atoms with Gasteiger partial charge in [-0.25, -0.2) is 8.42 Å². The van der Waals surface area contributed by atoms with Crippen molar-refractivity contribution in [2.24, 2.45) is 0 Å². The highest BCUT2D eigenvalue weighted by molar-refractivity contribution is 7.90. The van der Waals surface area contributed by atoms with Crippen LogP contribution in [0, 0.1) is 0 Å². The molecular formula is C16H22N2O4S. The van der Waals surface area contributed by atoms with Crippen LogP contribution in [0.5, 0.6) is 5.75 Å². The minimum atomic E-state index is -3.12.